The molecule has 0 unspecified atom stereocenters. The lowest BCUT2D eigenvalue weighted by atomic mass is 10.2. The highest BCUT2D eigenvalue weighted by molar-refractivity contribution is 9.10. The van der Waals surface area contributed by atoms with Gasteiger partial charge in [-0.05, 0) is 46.6 Å². The molecule has 0 spiro atoms. The van der Waals surface area contributed by atoms with Crippen molar-refractivity contribution in [2.24, 2.45) is 5.73 Å². The summed E-state index contributed by atoms with van der Waals surface area (Å²) in [6, 6.07) is 5.20. The van der Waals surface area contributed by atoms with Crippen LogP contribution < -0.4 is 11.1 Å². The Hall–Kier alpha value is -1.79. The van der Waals surface area contributed by atoms with E-state index in [9.17, 15) is 4.79 Å². The van der Waals surface area contributed by atoms with Crippen molar-refractivity contribution >= 4 is 27.7 Å². The van der Waals surface area contributed by atoms with E-state index in [-0.39, 0.29) is 5.91 Å². The third-order valence-electron chi connectivity index (χ3n) is 2.56. The molecule has 2 aromatic heterocycles. The van der Waals surface area contributed by atoms with Crippen LogP contribution in [0.2, 0.25) is 0 Å². The van der Waals surface area contributed by atoms with Crippen molar-refractivity contribution < 1.29 is 4.79 Å². The summed E-state index contributed by atoms with van der Waals surface area (Å²) >= 11 is 3.33. The fourth-order valence-corrected chi connectivity index (χ4v) is 2.03. The van der Waals surface area contributed by atoms with Crippen molar-refractivity contribution in [2.45, 2.75) is 13.5 Å². The van der Waals surface area contributed by atoms with E-state index in [1.54, 1.807) is 24.5 Å². The van der Waals surface area contributed by atoms with Gasteiger partial charge in [0.25, 0.3) is 5.91 Å². The standard InChI is InChI=1S/C13H13BrN4O/c1-8-4-10(14)7-17-12(8)18-13(19)9-2-3-16-11(5-9)6-15/h2-5,7H,6,15H2,1H3,(H,17,18,19). The van der Waals surface area contributed by atoms with Crippen LogP contribution in [0.25, 0.3) is 0 Å². The van der Waals surface area contributed by atoms with Gasteiger partial charge in [-0.25, -0.2) is 4.98 Å². The van der Waals surface area contributed by atoms with Gasteiger partial charge in [0.2, 0.25) is 0 Å². The maximum absolute atomic E-state index is 12.1. The average molecular weight is 321 g/mol. The van der Waals surface area contributed by atoms with E-state index in [0.29, 0.717) is 23.6 Å². The summed E-state index contributed by atoms with van der Waals surface area (Å²) in [6.45, 7) is 2.18. The number of rotatable bonds is 3. The number of nitrogens with one attached hydrogen (secondary N) is 1. The molecule has 0 saturated carbocycles. The lowest BCUT2D eigenvalue weighted by molar-refractivity contribution is 0.102. The molecule has 0 fully saturated rings. The van der Waals surface area contributed by atoms with Gasteiger partial charge < -0.3 is 11.1 Å². The van der Waals surface area contributed by atoms with Crippen LogP contribution in [0.1, 0.15) is 21.6 Å². The van der Waals surface area contributed by atoms with Crippen LogP contribution >= 0.6 is 15.9 Å². The van der Waals surface area contributed by atoms with Crippen LogP contribution in [0.3, 0.4) is 0 Å². The molecule has 1 amide bonds. The van der Waals surface area contributed by atoms with Gasteiger partial charge in [0, 0.05) is 29.0 Å². The van der Waals surface area contributed by atoms with Gasteiger partial charge >= 0.3 is 0 Å². The zero-order valence-corrected chi connectivity index (χ0v) is 11.9. The van der Waals surface area contributed by atoms with Crippen molar-refractivity contribution in [3.63, 3.8) is 0 Å². The first-order chi connectivity index (χ1) is 9.10. The highest BCUT2D eigenvalue weighted by Gasteiger charge is 2.09. The number of carbonyl (C=O) groups is 1. The number of anilines is 1. The minimum Gasteiger partial charge on any atom is -0.325 e. The van der Waals surface area contributed by atoms with Crippen molar-refractivity contribution in [3.05, 3.63) is 51.9 Å². The fraction of sp³-hybridized carbons (Fsp3) is 0.154. The van der Waals surface area contributed by atoms with Gasteiger partial charge in [-0.1, -0.05) is 0 Å². The van der Waals surface area contributed by atoms with E-state index in [1.165, 1.54) is 0 Å². The Balaban J connectivity index is 2.20. The SMILES string of the molecule is Cc1cc(Br)cnc1NC(=O)c1ccnc(CN)c1. The number of nitrogens with two attached hydrogens (primary N) is 1. The second kappa shape index (κ2) is 5.90. The number of halogens is 1. The lowest BCUT2D eigenvalue weighted by Crippen LogP contribution is -2.15. The Morgan fingerprint density at radius 2 is 2.21 bits per heavy atom. The molecule has 0 aliphatic carbocycles. The van der Waals surface area contributed by atoms with Crippen LogP contribution in [0, 0.1) is 6.92 Å². The summed E-state index contributed by atoms with van der Waals surface area (Å²) in [5.74, 6) is 0.314. The van der Waals surface area contributed by atoms with E-state index < -0.39 is 0 Å². The van der Waals surface area contributed by atoms with E-state index >= 15 is 0 Å². The topological polar surface area (TPSA) is 80.9 Å². The second-order valence-corrected chi connectivity index (χ2v) is 4.93. The number of hydrogen-bond acceptors (Lipinski definition) is 4. The molecule has 98 valence electrons. The summed E-state index contributed by atoms with van der Waals surface area (Å²) in [5, 5.41) is 2.77. The molecular weight excluding hydrogens is 308 g/mol. The van der Waals surface area contributed by atoms with Gasteiger partial charge in [-0.2, -0.15) is 0 Å². The van der Waals surface area contributed by atoms with Crippen LogP contribution in [-0.2, 0) is 6.54 Å². The van der Waals surface area contributed by atoms with E-state index in [2.05, 4.69) is 31.2 Å². The molecule has 0 aromatic carbocycles. The number of pyridine rings is 2. The summed E-state index contributed by atoms with van der Waals surface area (Å²) in [4.78, 5) is 20.3. The molecule has 6 heteroatoms. The van der Waals surface area contributed by atoms with Crippen molar-refractivity contribution in [1.29, 1.82) is 0 Å². The first-order valence-corrected chi connectivity index (χ1v) is 6.48. The minimum absolute atomic E-state index is 0.227. The Bertz CT molecular complexity index is 615. The second-order valence-electron chi connectivity index (χ2n) is 4.01. The molecule has 0 aliphatic heterocycles. The molecular formula is C13H13BrN4O. The summed E-state index contributed by atoms with van der Waals surface area (Å²) < 4.78 is 0.873. The zero-order chi connectivity index (χ0) is 13.8. The molecule has 19 heavy (non-hydrogen) atoms. The average Bonchev–Trinajstić information content (AvgIpc) is 2.42. The number of carbonyl (C=O) groups excluding carboxylic acids is 1. The predicted molar refractivity (Wildman–Crippen MR) is 76.8 cm³/mol. The van der Waals surface area contributed by atoms with Gasteiger partial charge in [-0.15, -0.1) is 0 Å². The molecule has 2 heterocycles. The molecule has 0 radical (unpaired) electrons. The van der Waals surface area contributed by atoms with Crippen LogP contribution in [0.4, 0.5) is 5.82 Å². The third kappa shape index (κ3) is 3.36. The normalized spacial score (nSPS) is 10.3. The summed E-state index contributed by atoms with van der Waals surface area (Å²) in [7, 11) is 0. The van der Waals surface area contributed by atoms with E-state index in [0.717, 1.165) is 10.0 Å². The van der Waals surface area contributed by atoms with E-state index in [1.807, 2.05) is 13.0 Å². The van der Waals surface area contributed by atoms with Crippen molar-refractivity contribution in [3.8, 4) is 0 Å². The quantitative estimate of drug-likeness (QED) is 0.908. The number of hydrogen-bond donors (Lipinski definition) is 2. The maximum atomic E-state index is 12.1. The molecule has 0 atom stereocenters. The molecule has 0 aliphatic rings. The predicted octanol–water partition coefficient (Wildman–Crippen LogP) is 2.26. The maximum Gasteiger partial charge on any atom is 0.256 e. The van der Waals surface area contributed by atoms with Crippen molar-refractivity contribution in [2.75, 3.05) is 5.32 Å². The fourth-order valence-electron chi connectivity index (χ4n) is 1.58. The van der Waals surface area contributed by atoms with Crippen LogP contribution in [-0.4, -0.2) is 15.9 Å². The molecule has 2 aromatic rings. The van der Waals surface area contributed by atoms with Gasteiger partial charge in [-0.3, -0.25) is 9.78 Å². The smallest absolute Gasteiger partial charge is 0.256 e. The third-order valence-corrected chi connectivity index (χ3v) is 3.00. The number of aromatic nitrogens is 2. The van der Waals surface area contributed by atoms with Gasteiger partial charge in [0.1, 0.15) is 5.82 Å². The number of aryl methyl sites for hydroxylation is 1. The lowest BCUT2D eigenvalue weighted by Gasteiger charge is -2.08. The highest BCUT2D eigenvalue weighted by atomic mass is 79.9. The first kappa shape index (κ1) is 13.6. The Labute approximate surface area is 119 Å². The Morgan fingerprint density at radius 3 is 2.89 bits per heavy atom. The molecule has 3 N–H and O–H groups in total. The molecule has 2 rings (SSSR count). The minimum atomic E-state index is -0.227. The highest BCUT2D eigenvalue weighted by Crippen LogP contribution is 2.17. The number of nitrogens with zero attached hydrogens (tertiary/aromatic N) is 2. The first-order valence-electron chi connectivity index (χ1n) is 5.68. The largest absolute Gasteiger partial charge is 0.325 e. The monoisotopic (exact) mass is 320 g/mol. The van der Waals surface area contributed by atoms with Gasteiger partial charge in [0.05, 0.1) is 5.69 Å². The molecule has 5 nitrogen and oxygen atoms in total. The van der Waals surface area contributed by atoms with Gasteiger partial charge in [0.15, 0.2) is 0 Å². The molecule has 0 saturated heterocycles. The summed E-state index contributed by atoms with van der Waals surface area (Å²) in [5.41, 5.74) is 7.57. The van der Waals surface area contributed by atoms with Crippen molar-refractivity contribution in [1.82, 2.24) is 9.97 Å². The zero-order valence-electron chi connectivity index (χ0n) is 10.4. The van der Waals surface area contributed by atoms with E-state index in [4.69, 9.17) is 5.73 Å². The summed E-state index contributed by atoms with van der Waals surface area (Å²) in [6.07, 6.45) is 3.21. The number of amides is 1. The molecule has 0 bridgehead atoms. The van der Waals surface area contributed by atoms with Crippen LogP contribution in [0.15, 0.2) is 35.1 Å². The van der Waals surface area contributed by atoms with Crippen LogP contribution in [0.5, 0.6) is 0 Å². The Kier molecular flexibility index (Phi) is 4.24. The Morgan fingerprint density at radius 1 is 1.42 bits per heavy atom.